The Morgan fingerprint density at radius 3 is 2.74 bits per heavy atom. The lowest BCUT2D eigenvalue weighted by Gasteiger charge is -2.14. The third-order valence-electron chi connectivity index (χ3n) is 3.41. The predicted molar refractivity (Wildman–Crippen MR) is 97.1 cm³/mol. The summed E-state index contributed by atoms with van der Waals surface area (Å²) in [5, 5.41) is 10.7. The molecule has 0 fully saturated rings. The third kappa shape index (κ3) is 4.19. The van der Waals surface area contributed by atoms with Crippen LogP contribution in [0.15, 0.2) is 46.5 Å². The summed E-state index contributed by atoms with van der Waals surface area (Å²) < 4.78 is 0. The number of hydrogen-bond donors (Lipinski definition) is 1. The smallest absolute Gasteiger partial charge is 0.226 e. The van der Waals surface area contributed by atoms with Gasteiger partial charge in [0.05, 0.1) is 18.2 Å². The van der Waals surface area contributed by atoms with E-state index < -0.39 is 0 Å². The number of nitrogens with one attached hydrogen (secondary N) is 1. The van der Waals surface area contributed by atoms with Gasteiger partial charge in [0, 0.05) is 21.3 Å². The molecule has 2 heterocycles. The van der Waals surface area contributed by atoms with E-state index in [9.17, 15) is 4.79 Å². The van der Waals surface area contributed by atoms with E-state index in [4.69, 9.17) is 11.6 Å². The first kappa shape index (κ1) is 16.2. The predicted octanol–water partition coefficient (Wildman–Crippen LogP) is 4.94. The maximum absolute atomic E-state index is 12.2. The summed E-state index contributed by atoms with van der Waals surface area (Å²) in [4.78, 5) is 16.7. The average molecular weight is 363 g/mol. The van der Waals surface area contributed by atoms with Crippen LogP contribution in [-0.4, -0.2) is 10.9 Å². The van der Waals surface area contributed by atoms with Crippen molar-refractivity contribution in [2.24, 2.45) is 0 Å². The molecule has 3 nitrogen and oxygen atoms in total. The topological polar surface area (TPSA) is 42.0 Å². The first-order valence-corrected chi connectivity index (χ1v) is 9.33. The van der Waals surface area contributed by atoms with E-state index in [0.29, 0.717) is 11.4 Å². The van der Waals surface area contributed by atoms with Gasteiger partial charge in [-0.3, -0.25) is 4.79 Å². The van der Waals surface area contributed by atoms with Crippen LogP contribution in [0.3, 0.4) is 0 Å². The Hall–Kier alpha value is -1.69. The van der Waals surface area contributed by atoms with Crippen LogP contribution in [0, 0.1) is 0 Å². The minimum absolute atomic E-state index is 0.0328. The highest BCUT2D eigenvalue weighted by molar-refractivity contribution is 7.14. The SMILES string of the molecule is C[C@@H](NC(=O)Cc1csc(-c2ccsc2)n1)c1ccc(Cl)cc1. The van der Waals surface area contributed by atoms with E-state index in [2.05, 4.69) is 15.7 Å². The number of benzene rings is 1. The average Bonchev–Trinajstić information content (AvgIpc) is 3.18. The summed E-state index contributed by atoms with van der Waals surface area (Å²) in [5.41, 5.74) is 2.94. The number of amides is 1. The van der Waals surface area contributed by atoms with Crippen molar-refractivity contribution < 1.29 is 4.79 Å². The molecule has 1 amide bonds. The second-order valence-electron chi connectivity index (χ2n) is 5.17. The van der Waals surface area contributed by atoms with E-state index >= 15 is 0 Å². The fourth-order valence-corrected chi connectivity index (χ4v) is 3.86. The van der Waals surface area contributed by atoms with Gasteiger partial charge in [0.2, 0.25) is 5.91 Å². The summed E-state index contributed by atoms with van der Waals surface area (Å²) in [6, 6.07) is 9.47. The van der Waals surface area contributed by atoms with Crippen molar-refractivity contribution in [1.29, 1.82) is 0 Å². The highest BCUT2D eigenvalue weighted by Crippen LogP contribution is 2.26. The van der Waals surface area contributed by atoms with Crippen LogP contribution < -0.4 is 5.32 Å². The molecule has 0 radical (unpaired) electrons. The zero-order valence-electron chi connectivity index (χ0n) is 12.5. The van der Waals surface area contributed by atoms with E-state index in [0.717, 1.165) is 21.8 Å². The monoisotopic (exact) mass is 362 g/mol. The van der Waals surface area contributed by atoms with Gasteiger partial charge in [0.1, 0.15) is 5.01 Å². The first-order chi connectivity index (χ1) is 11.1. The van der Waals surface area contributed by atoms with Gasteiger partial charge in [-0.25, -0.2) is 4.98 Å². The molecule has 0 spiro atoms. The normalized spacial score (nSPS) is 12.1. The Balaban J connectivity index is 1.60. The lowest BCUT2D eigenvalue weighted by molar-refractivity contribution is -0.121. The fourth-order valence-electron chi connectivity index (χ4n) is 2.20. The summed E-state index contributed by atoms with van der Waals surface area (Å²) in [6.07, 6.45) is 0.290. The minimum Gasteiger partial charge on any atom is -0.349 e. The van der Waals surface area contributed by atoms with Crippen LogP contribution in [0.25, 0.3) is 10.6 Å². The molecule has 6 heteroatoms. The molecule has 3 aromatic rings. The van der Waals surface area contributed by atoms with Gasteiger partial charge in [-0.2, -0.15) is 11.3 Å². The zero-order chi connectivity index (χ0) is 16.2. The van der Waals surface area contributed by atoms with Crippen molar-refractivity contribution in [1.82, 2.24) is 10.3 Å². The molecule has 0 unspecified atom stereocenters. The molecular weight excluding hydrogens is 348 g/mol. The van der Waals surface area contributed by atoms with Crippen molar-refractivity contribution in [3.8, 4) is 10.6 Å². The number of halogens is 1. The highest BCUT2D eigenvalue weighted by atomic mass is 35.5. The van der Waals surface area contributed by atoms with Gasteiger partial charge in [-0.15, -0.1) is 11.3 Å². The van der Waals surface area contributed by atoms with E-state index in [-0.39, 0.29) is 11.9 Å². The van der Waals surface area contributed by atoms with E-state index in [1.165, 1.54) is 0 Å². The van der Waals surface area contributed by atoms with Crippen LogP contribution in [0.4, 0.5) is 0 Å². The zero-order valence-corrected chi connectivity index (χ0v) is 14.8. The molecule has 0 bridgehead atoms. The molecule has 0 aliphatic heterocycles. The second kappa shape index (κ2) is 7.25. The lowest BCUT2D eigenvalue weighted by atomic mass is 10.1. The largest absolute Gasteiger partial charge is 0.349 e. The Morgan fingerprint density at radius 2 is 2.04 bits per heavy atom. The molecule has 0 saturated heterocycles. The number of aromatic nitrogens is 1. The first-order valence-electron chi connectivity index (χ1n) is 7.13. The molecule has 0 aliphatic carbocycles. The van der Waals surface area contributed by atoms with Crippen molar-refractivity contribution >= 4 is 40.2 Å². The Labute approximate surface area is 148 Å². The van der Waals surface area contributed by atoms with Gasteiger partial charge in [-0.05, 0) is 36.1 Å². The van der Waals surface area contributed by atoms with Gasteiger partial charge in [0.15, 0.2) is 0 Å². The molecule has 23 heavy (non-hydrogen) atoms. The summed E-state index contributed by atoms with van der Waals surface area (Å²) in [7, 11) is 0. The highest BCUT2D eigenvalue weighted by Gasteiger charge is 2.12. The molecular formula is C17H15ClN2OS2. The minimum atomic E-state index is -0.0604. The number of hydrogen-bond acceptors (Lipinski definition) is 4. The van der Waals surface area contributed by atoms with Crippen LogP contribution in [0.5, 0.6) is 0 Å². The van der Waals surface area contributed by atoms with Gasteiger partial charge in [-0.1, -0.05) is 23.7 Å². The quantitative estimate of drug-likeness (QED) is 0.698. The number of carbonyl (C=O) groups is 1. The number of thiophene rings is 1. The molecule has 1 aromatic carbocycles. The summed E-state index contributed by atoms with van der Waals surface area (Å²) in [5.74, 6) is -0.0328. The van der Waals surface area contributed by atoms with Gasteiger partial charge >= 0.3 is 0 Å². The Kier molecular flexibility index (Phi) is 5.10. The molecule has 0 aliphatic rings. The van der Waals surface area contributed by atoms with E-state index in [1.54, 1.807) is 22.7 Å². The van der Waals surface area contributed by atoms with Crippen LogP contribution in [0.2, 0.25) is 5.02 Å². The Bertz CT molecular complexity index is 781. The number of rotatable bonds is 5. The molecule has 1 atom stereocenters. The number of thiazole rings is 1. The lowest BCUT2D eigenvalue weighted by Crippen LogP contribution is -2.28. The van der Waals surface area contributed by atoms with Crippen molar-refractivity contribution in [2.45, 2.75) is 19.4 Å². The summed E-state index contributed by atoms with van der Waals surface area (Å²) >= 11 is 9.09. The molecule has 118 valence electrons. The van der Waals surface area contributed by atoms with Crippen LogP contribution in [0.1, 0.15) is 24.2 Å². The third-order valence-corrected chi connectivity index (χ3v) is 5.28. The van der Waals surface area contributed by atoms with Crippen LogP contribution in [-0.2, 0) is 11.2 Å². The second-order valence-corrected chi connectivity index (χ2v) is 7.25. The molecule has 3 rings (SSSR count). The summed E-state index contributed by atoms with van der Waals surface area (Å²) in [6.45, 7) is 1.96. The van der Waals surface area contributed by atoms with E-state index in [1.807, 2.05) is 48.0 Å². The van der Waals surface area contributed by atoms with Crippen molar-refractivity contribution in [3.05, 3.63) is 62.8 Å². The molecule has 2 aromatic heterocycles. The molecule has 0 saturated carbocycles. The standard InChI is InChI=1S/C17H15ClN2OS2/c1-11(12-2-4-14(18)5-3-12)19-16(21)8-15-10-23-17(20-15)13-6-7-22-9-13/h2-7,9-11H,8H2,1H3,(H,19,21)/t11-/m1/s1. The number of carbonyl (C=O) groups excluding carboxylic acids is 1. The van der Waals surface area contributed by atoms with Gasteiger partial charge < -0.3 is 5.32 Å². The van der Waals surface area contributed by atoms with Crippen molar-refractivity contribution in [3.63, 3.8) is 0 Å². The van der Waals surface area contributed by atoms with Crippen LogP contribution >= 0.6 is 34.3 Å². The van der Waals surface area contributed by atoms with Crippen molar-refractivity contribution in [2.75, 3.05) is 0 Å². The number of nitrogens with zero attached hydrogens (tertiary/aromatic N) is 1. The Morgan fingerprint density at radius 1 is 1.26 bits per heavy atom. The molecule has 1 N–H and O–H groups in total. The fraction of sp³-hybridized carbons (Fsp3) is 0.176. The van der Waals surface area contributed by atoms with Gasteiger partial charge in [0.25, 0.3) is 0 Å². The maximum Gasteiger partial charge on any atom is 0.226 e. The maximum atomic E-state index is 12.2.